The first-order chi connectivity index (χ1) is 25.3. The monoisotopic (exact) mass is 710 g/mol. The zero-order valence-corrected chi connectivity index (χ0v) is 28.0. The Morgan fingerprint density at radius 1 is 0.885 bits per heavy atom. The molecule has 0 saturated carbocycles. The zero-order valence-electron chi connectivity index (χ0n) is 28.0. The summed E-state index contributed by atoms with van der Waals surface area (Å²) >= 11 is 0. The predicted molar refractivity (Wildman–Crippen MR) is 190 cm³/mol. The van der Waals surface area contributed by atoms with Gasteiger partial charge < -0.3 is 28.8 Å². The molecule has 0 atom stereocenters. The van der Waals surface area contributed by atoms with Crippen LogP contribution in [0.15, 0.2) is 96.1 Å². The van der Waals surface area contributed by atoms with E-state index in [1.54, 1.807) is 24.3 Å². The predicted octanol–water partition coefficient (Wildman–Crippen LogP) is 7.11. The SMILES string of the molecule is COc1cc2c(Oc3ccc(NC(=O)c4cn(-c5ccccc5F)c5cc(F)ccc5c4=O)cc3F)ccnc2cc1OCCCN1CCOCC1. The van der Waals surface area contributed by atoms with Gasteiger partial charge in [-0.1, -0.05) is 12.1 Å². The minimum Gasteiger partial charge on any atom is -0.493 e. The molecule has 0 radical (unpaired) electrons. The van der Waals surface area contributed by atoms with Crippen LogP contribution in [-0.2, 0) is 4.74 Å². The first-order valence-electron chi connectivity index (χ1n) is 16.6. The summed E-state index contributed by atoms with van der Waals surface area (Å²) in [6.07, 6.45) is 3.49. The summed E-state index contributed by atoms with van der Waals surface area (Å²) in [4.78, 5) is 33.5. The van der Waals surface area contributed by atoms with E-state index in [1.807, 2.05) is 0 Å². The fraction of sp³-hybridized carbons (Fsp3) is 0.205. The Labute approximate surface area is 295 Å². The summed E-state index contributed by atoms with van der Waals surface area (Å²) in [6.45, 7) is 4.65. The molecule has 1 fully saturated rings. The standard InChI is InChI=1S/C39H33F3N4O6/c1-49-36-21-27-31(22-37(36)51-16-4-13-45-14-17-50-18-15-45)43-12-11-34(27)52-35-10-8-25(20-30(35)42)44-39(48)28-23-46(32-6-3-2-5-29(32)41)33-19-24(40)7-9-26(33)38(28)47/h2-3,5-12,19-23H,4,13-18H2,1H3,(H,44,48). The molecule has 52 heavy (non-hydrogen) atoms. The van der Waals surface area contributed by atoms with E-state index in [1.165, 1.54) is 54.3 Å². The molecular formula is C39H33F3N4O6. The van der Waals surface area contributed by atoms with E-state index in [-0.39, 0.29) is 33.6 Å². The molecule has 1 aliphatic rings. The molecule has 7 rings (SSSR count). The molecule has 6 aromatic rings. The lowest BCUT2D eigenvalue weighted by Gasteiger charge is -2.26. The fourth-order valence-corrected chi connectivity index (χ4v) is 6.07. The van der Waals surface area contributed by atoms with Gasteiger partial charge in [-0.15, -0.1) is 0 Å². The number of amides is 1. The molecule has 2 aromatic heterocycles. The third-order valence-electron chi connectivity index (χ3n) is 8.70. The summed E-state index contributed by atoms with van der Waals surface area (Å²) in [7, 11) is 1.53. The number of pyridine rings is 2. The molecule has 1 saturated heterocycles. The molecule has 13 heteroatoms. The maximum atomic E-state index is 15.5. The van der Waals surface area contributed by atoms with Crippen molar-refractivity contribution < 1.29 is 36.9 Å². The first-order valence-corrected chi connectivity index (χ1v) is 16.6. The summed E-state index contributed by atoms with van der Waals surface area (Å²) < 4.78 is 68.7. The van der Waals surface area contributed by atoms with Crippen LogP contribution in [0.1, 0.15) is 16.8 Å². The number of benzene rings is 4. The number of hydrogen-bond acceptors (Lipinski definition) is 8. The smallest absolute Gasteiger partial charge is 0.261 e. The second kappa shape index (κ2) is 15.1. The van der Waals surface area contributed by atoms with Crippen molar-refractivity contribution in [3.05, 3.63) is 124 Å². The highest BCUT2D eigenvalue weighted by Gasteiger charge is 2.20. The third kappa shape index (κ3) is 7.27. The highest BCUT2D eigenvalue weighted by Crippen LogP contribution is 2.38. The topological polar surface area (TPSA) is 104 Å². The molecule has 0 unspecified atom stereocenters. The highest BCUT2D eigenvalue weighted by molar-refractivity contribution is 6.06. The average Bonchev–Trinajstić information content (AvgIpc) is 3.15. The van der Waals surface area contributed by atoms with Gasteiger partial charge in [0, 0.05) is 60.6 Å². The number of carbonyl (C=O) groups is 1. The summed E-state index contributed by atoms with van der Waals surface area (Å²) in [6, 6.07) is 17.9. The van der Waals surface area contributed by atoms with Gasteiger partial charge in [0.2, 0.25) is 5.43 Å². The van der Waals surface area contributed by atoms with E-state index < -0.39 is 28.8 Å². The minimum atomic E-state index is -0.874. The van der Waals surface area contributed by atoms with Crippen LogP contribution in [0.5, 0.6) is 23.0 Å². The van der Waals surface area contributed by atoms with Crippen molar-refractivity contribution in [1.29, 1.82) is 0 Å². The third-order valence-corrected chi connectivity index (χ3v) is 8.70. The van der Waals surface area contributed by atoms with Crippen LogP contribution in [0.3, 0.4) is 0 Å². The first kappa shape index (κ1) is 34.5. The van der Waals surface area contributed by atoms with Crippen molar-refractivity contribution in [3.8, 4) is 28.7 Å². The van der Waals surface area contributed by atoms with Crippen LogP contribution < -0.4 is 25.0 Å². The van der Waals surface area contributed by atoms with Gasteiger partial charge in [-0.2, -0.15) is 0 Å². The summed E-state index contributed by atoms with van der Waals surface area (Å²) in [5.41, 5.74) is -0.414. The number of anilines is 1. The van der Waals surface area contributed by atoms with Crippen LogP contribution in [-0.4, -0.2) is 66.9 Å². The van der Waals surface area contributed by atoms with Gasteiger partial charge in [0.15, 0.2) is 23.1 Å². The Balaban J connectivity index is 1.09. The maximum absolute atomic E-state index is 15.5. The molecular weight excluding hydrogens is 677 g/mol. The molecule has 4 aromatic carbocycles. The number of methoxy groups -OCH3 is 1. The van der Waals surface area contributed by atoms with Crippen LogP contribution in [0.25, 0.3) is 27.5 Å². The van der Waals surface area contributed by atoms with Gasteiger partial charge in [0.25, 0.3) is 5.91 Å². The Morgan fingerprint density at radius 2 is 1.71 bits per heavy atom. The number of rotatable bonds is 11. The van der Waals surface area contributed by atoms with Crippen molar-refractivity contribution in [2.24, 2.45) is 0 Å². The molecule has 3 heterocycles. The van der Waals surface area contributed by atoms with Crippen LogP contribution >= 0.6 is 0 Å². The zero-order chi connectivity index (χ0) is 36.2. The normalized spacial score (nSPS) is 13.3. The number of carbonyl (C=O) groups excluding carboxylic acids is 1. The molecule has 0 bridgehead atoms. The van der Waals surface area contributed by atoms with E-state index in [2.05, 4.69) is 15.2 Å². The van der Waals surface area contributed by atoms with Crippen molar-refractivity contribution in [1.82, 2.24) is 14.5 Å². The van der Waals surface area contributed by atoms with Crippen LogP contribution in [0.4, 0.5) is 18.9 Å². The van der Waals surface area contributed by atoms with Gasteiger partial charge in [0.1, 0.15) is 22.9 Å². The summed E-state index contributed by atoms with van der Waals surface area (Å²) in [5.74, 6) is -1.81. The molecule has 1 amide bonds. The number of nitrogens with one attached hydrogen (secondary N) is 1. The van der Waals surface area contributed by atoms with Crippen molar-refractivity contribution >= 4 is 33.4 Å². The molecule has 0 spiro atoms. The Kier molecular flexibility index (Phi) is 10.0. The number of fused-ring (bicyclic) bond motifs is 2. The fourth-order valence-electron chi connectivity index (χ4n) is 6.07. The van der Waals surface area contributed by atoms with Gasteiger partial charge >= 0.3 is 0 Å². The van der Waals surface area contributed by atoms with Crippen molar-refractivity contribution in [2.45, 2.75) is 6.42 Å². The summed E-state index contributed by atoms with van der Waals surface area (Å²) in [5, 5.41) is 3.08. The van der Waals surface area contributed by atoms with Gasteiger partial charge in [0.05, 0.1) is 43.7 Å². The van der Waals surface area contributed by atoms with Gasteiger partial charge in [-0.25, -0.2) is 13.2 Å². The van der Waals surface area contributed by atoms with E-state index in [0.29, 0.717) is 34.8 Å². The van der Waals surface area contributed by atoms with E-state index in [0.717, 1.165) is 63.7 Å². The van der Waals surface area contributed by atoms with E-state index in [9.17, 15) is 18.4 Å². The second-order valence-corrected chi connectivity index (χ2v) is 12.0. The number of nitrogens with zero attached hydrogens (tertiary/aromatic N) is 3. The van der Waals surface area contributed by atoms with Crippen molar-refractivity contribution in [2.75, 3.05) is 51.9 Å². The molecule has 10 nitrogen and oxygen atoms in total. The molecule has 1 aliphatic heterocycles. The number of morpholine rings is 1. The number of hydrogen-bond donors (Lipinski definition) is 1. The van der Waals surface area contributed by atoms with Gasteiger partial charge in [-0.05, 0) is 61.0 Å². The Bertz CT molecular complexity index is 2340. The largest absolute Gasteiger partial charge is 0.493 e. The second-order valence-electron chi connectivity index (χ2n) is 12.0. The lowest BCUT2D eigenvalue weighted by molar-refractivity contribution is 0.0357. The van der Waals surface area contributed by atoms with E-state index >= 15 is 4.39 Å². The number of halogens is 3. The number of aromatic nitrogens is 2. The van der Waals surface area contributed by atoms with Crippen LogP contribution in [0.2, 0.25) is 0 Å². The minimum absolute atomic E-state index is 0.00380. The lowest BCUT2D eigenvalue weighted by atomic mass is 10.1. The Morgan fingerprint density at radius 3 is 2.50 bits per heavy atom. The van der Waals surface area contributed by atoms with E-state index in [4.69, 9.17) is 18.9 Å². The van der Waals surface area contributed by atoms with Gasteiger partial charge in [-0.3, -0.25) is 19.5 Å². The average molecular weight is 711 g/mol. The van der Waals surface area contributed by atoms with Crippen LogP contribution in [0, 0.1) is 17.5 Å². The quantitative estimate of drug-likeness (QED) is 0.142. The number of para-hydroxylation sites is 1. The molecule has 0 aliphatic carbocycles. The highest BCUT2D eigenvalue weighted by atomic mass is 19.1. The molecule has 266 valence electrons. The lowest BCUT2D eigenvalue weighted by Crippen LogP contribution is -2.37. The maximum Gasteiger partial charge on any atom is 0.261 e. The number of ether oxygens (including phenoxy) is 4. The Hall–Kier alpha value is -5.92. The van der Waals surface area contributed by atoms with Crippen molar-refractivity contribution in [3.63, 3.8) is 0 Å². The molecule has 1 N–H and O–H groups in total.